The fourth-order valence-corrected chi connectivity index (χ4v) is 3.59. The average molecular weight is 392 g/mol. The molecular weight excluding hydrogens is 383 g/mol. The van der Waals surface area contributed by atoms with Gasteiger partial charge in [-0.15, -0.1) is 11.3 Å². The normalized spacial score (nSPS) is 11.2. The van der Waals surface area contributed by atoms with E-state index < -0.39 is 0 Å². The first kappa shape index (κ1) is 14.2. The van der Waals surface area contributed by atoms with Gasteiger partial charge in [0.2, 0.25) is 0 Å². The van der Waals surface area contributed by atoms with Gasteiger partial charge in [0.25, 0.3) is 0 Å². The van der Waals surface area contributed by atoms with Gasteiger partial charge < -0.3 is 4.74 Å². The number of hydrogen-bond acceptors (Lipinski definition) is 3. The van der Waals surface area contributed by atoms with Crippen LogP contribution in [-0.4, -0.2) is 9.38 Å². The summed E-state index contributed by atoms with van der Waals surface area (Å²) in [5.74, 6) is 0.643. The van der Waals surface area contributed by atoms with Gasteiger partial charge in [-0.1, -0.05) is 39.1 Å². The Balaban J connectivity index is 1.82. The molecule has 0 spiro atoms. The van der Waals surface area contributed by atoms with E-state index in [9.17, 15) is 0 Å². The summed E-state index contributed by atoms with van der Waals surface area (Å²) in [5, 5.41) is 3.72. The van der Waals surface area contributed by atoms with E-state index in [1.165, 1.54) is 0 Å². The fourth-order valence-electron chi connectivity index (χ4n) is 1.87. The summed E-state index contributed by atoms with van der Waals surface area (Å²) in [4.78, 5) is 5.42. The van der Waals surface area contributed by atoms with Gasteiger partial charge >= 0.3 is 0 Å². The Bertz CT molecular complexity index is 727. The number of benzene rings is 1. The van der Waals surface area contributed by atoms with Crippen molar-refractivity contribution in [2.45, 2.75) is 11.9 Å². The molecular formula is C13H9BrCl2N2OS. The van der Waals surface area contributed by atoms with Crippen molar-refractivity contribution >= 4 is 55.4 Å². The molecule has 0 aliphatic heterocycles. The molecule has 20 heavy (non-hydrogen) atoms. The lowest BCUT2D eigenvalue weighted by Gasteiger charge is -2.11. The third-order valence-electron chi connectivity index (χ3n) is 2.74. The predicted molar refractivity (Wildman–Crippen MR) is 86.5 cm³/mol. The van der Waals surface area contributed by atoms with Crippen LogP contribution < -0.4 is 4.74 Å². The largest absolute Gasteiger partial charge is 0.485 e. The summed E-state index contributed by atoms with van der Waals surface area (Å²) in [6.07, 6.45) is 3.92. The second kappa shape index (κ2) is 5.93. The van der Waals surface area contributed by atoms with Crippen LogP contribution in [0.25, 0.3) is 4.96 Å². The second-order valence-corrected chi connectivity index (χ2v) is 6.40. The predicted octanol–water partition coefficient (Wildman–Crippen LogP) is 5.18. The molecule has 104 valence electrons. The third kappa shape index (κ3) is 2.81. The second-order valence-electron chi connectivity index (χ2n) is 4.12. The quantitative estimate of drug-likeness (QED) is 0.573. The molecule has 0 unspecified atom stereocenters. The van der Waals surface area contributed by atoms with Crippen molar-refractivity contribution in [3.8, 4) is 5.75 Å². The molecule has 0 bridgehead atoms. The topological polar surface area (TPSA) is 26.5 Å². The highest BCUT2D eigenvalue weighted by atomic mass is 79.9. The molecule has 1 aromatic carbocycles. The molecule has 0 N–H and O–H groups in total. The maximum atomic E-state index is 6.18. The minimum atomic E-state index is 0.371. The minimum absolute atomic E-state index is 0.371. The fraction of sp³-hybridized carbons (Fsp3) is 0.154. The number of aromatic nitrogens is 2. The zero-order valence-corrected chi connectivity index (χ0v) is 14.1. The standard InChI is InChI=1S/C13H9BrCl2N2OS/c14-5-8-3-9(15)4-11(16)12(8)19-7-10-6-18-1-2-20-13(18)17-10/h1-4,6H,5,7H2. The molecule has 0 atom stereocenters. The monoisotopic (exact) mass is 390 g/mol. The van der Waals surface area contributed by atoms with Crippen molar-refractivity contribution < 1.29 is 4.74 Å². The van der Waals surface area contributed by atoms with Crippen LogP contribution in [0.4, 0.5) is 0 Å². The van der Waals surface area contributed by atoms with Crippen LogP contribution in [0, 0.1) is 0 Å². The molecule has 0 amide bonds. The Labute approximate surface area is 138 Å². The highest BCUT2D eigenvalue weighted by molar-refractivity contribution is 9.08. The first-order valence-electron chi connectivity index (χ1n) is 5.75. The van der Waals surface area contributed by atoms with Crippen LogP contribution in [-0.2, 0) is 11.9 Å². The Morgan fingerprint density at radius 1 is 1.35 bits per heavy atom. The van der Waals surface area contributed by atoms with Crippen LogP contribution >= 0.6 is 50.5 Å². The molecule has 0 saturated heterocycles. The van der Waals surface area contributed by atoms with E-state index in [0.717, 1.165) is 16.2 Å². The van der Waals surface area contributed by atoms with Gasteiger partial charge in [-0.2, -0.15) is 0 Å². The number of fused-ring (bicyclic) bond motifs is 1. The lowest BCUT2D eigenvalue weighted by atomic mass is 10.2. The smallest absolute Gasteiger partial charge is 0.193 e. The van der Waals surface area contributed by atoms with E-state index in [4.69, 9.17) is 27.9 Å². The maximum Gasteiger partial charge on any atom is 0.193 e. The highest BCUT2D eigenvalue weighted by Crippen LogP contribution is 2.34. The molecule has 3 aromatic rings. The molecule has 0 radical (unpaired) electrons. The molecule has 0 aliphatic rings. The van der Waals surface area contributed by atoms with Crippen molar-refractivity contribution in [2.75, 3.05) is 0 Å². The average Bonchev–Trinajstić information content (AvgIpc) is 2.97. The van der Waals surface area contributed by atoms with E-state index in [1.807, 2.05) is 28.2 Å². The summed E-state index contributed by atoms with van der Waals surface area (Å²) in [6, 6.07) is 3.51. The number of imidazole rings is 1. The molecule has 3 nitrogen and oxygen atoms in total. The minimum Gasteiger partial charge on any atom is -0.485 e. The first-order chi connectivity index (χ1) is 9.67. The van der Waals surface area contributed by atoms with Crippen LogP contribution in [0.1, 0.15) is 11.3 Å². The Morgan fingerprint density at radius 2 is 2.20 bits per heavy atom. The van der Waals surface area contributed by atoms with Crippen LogP contribution in [0.5, 0.6) is 5.75 Å². The molecule has 0 aliphatic carbocycles. The van der Waals surface area contributed by atoms with Gasteiger partial charge in [0, 0.05) is 33.7 Å². The van der Waals surface area contributed by atoms with E-state index in [2.05, 4.69) is 20.9 Å². The van der Waals surface area contributed by atoms with Crippen molar-refractivity contribution in [2.24, 2.45) is 0 Å². The van der Waals surface area contributed by atoms with Crippen molar-refractivity contribution in [1.82, 2.24) is 9.38 Å². The first-order valence-corrected chi connectivity index (χ1v) is 8.51. The number of ether oxygens (including phenoxy) is 1. The van der Waals surface area contributed by atoms with Crippen molar-refractivity contribution in [3.05, 3.63) is 51.2 Å². The lowest BCUT2D eigenvalue weighted by Crippen LogP contribution is -1.99. The number of alkyl halides is 1. The third-order valence-corrected chi connectivity index (χ3v) is 4.61. The van der Waals surface area contributed by atoms with Crippen molar-refractivity contribution in [3.63, 3.8) is 0 Å². The van der Waals surface area contributed by atoms with Crippen molar-refractivity contribution in [1.29, 1.82) is 0 Å². The van der Waals surface area contributed by atoms with Gasteiger partial charge in [-0.3, -0.25) is 4.40 Å². The number of hydrogen-bond donors (Lipinski definition) is 0. The van der Waals surface area contributed by atoms with E-state index in [1.54, 1.807) is 17.4 Å². The lowest BCUT2D eigenvalue weighted by molar-refractivity contribution is 0.300. The molecule has 0 saturated carbocycles. The molecule has 2 heterocycles. The zero-order valence-electron chi connectivity index (χ0n) is 10.1. The molecule has 0 fully saturated rings. The summed E-state index contributed by atoms with van der Waals surface area (Å²) >= 11 is 17.2. The number of rotatable bonds is 4. The van der Waals surface area contributed by atoms with Crippen LogP contribution in [0.15, 0.2) is 29.9 Å². The molecule has 7 heteroatoms. The summed E-state index contributed by atoms with van der Waals surface area (Å²) < 4.78 is 7.78. The molecule has 3 rings (SSSR count). The van der Waals surface area contributed by atoms with Crippen LogP contribution in [0.2, 0.25) is 10.0 Å². The van der Waals surface area contributed by atoms with Crippen LogP contribution in [0.3, 0.4) is 0 Å². The van der Waals surface area contributed by atoms with E-state index >= 15 is 0 Å². The van der Waals surface area contributed by atoms with Gasteiger partial charge in [0.1, 0.15) is 12.4 Å². The molecule has 2 aromatic heterocycles. The van der Waals surface area contributed by atoms with Gasteiger partial charge in [-0.25, -0.2) is 4.98 Å². The number of halogens is 3. The van der Waals surface area contributed by atoms with Gasteiger partial charge in [0.15, 0.2) is 4.96 Å². The Morgan fingerprint density at radius 3 is 2.95 bits per heavy atom. The number of nitrogens with zero attached hydrogens (tertiary/aromatic N) is 2. The Hall–Kier alpha value is -0.750. The summed E-state index contributed by atoms with van der Waals surface area (Å²) in [7, 11) is 0. The van der Waals surface area contributed by atoms with E-state index in [0.29, 0.717) is 27.7 Å². The van der Waals surface area contributed by atoms with Gasteiger partial charge in [-0.05, 0) is 12.1 Å². The zero-order chi connectivity index (χ0) is 14.1. The maximum absolute atomic E-state index is 6.18. The number of thiazole rings is 1. The Kier molecular flexibility index (Phi) is 4.21. The van der Waals surface area contributed by atoms with Gasteiger partial charge in [0.05, 0.1) is 10.7 Å². The highest BCUT2D eigenvalue weighted by Gasteiger charge is 2.11. The SMILES string of the molecule is Clc1cc(Cl)c(OCc2cn3ccsc3n2)c(CBr)c1. The van der Waals surface area contributed by atoms with E-state index in [-0.39, 0.29) is 0 Å². The summed E-state index contributed by atoms with van der Waals surface area (Å²) in [6.45, 7) is 0.371. The summed E-state index contributed by atoms with van der Waals surface area (Å²) in [5.41, 5.74) is 1.78.